The highest BCUT2D eigenvalue weighted by atomic mass is 19.1. The number of benzene rings is 1. The molecule has 1 aromatic carbocycles. The summed E-state index contributed by atoms with van der Waals surface area (Å²) < 4.78 is 20.7. The van der Waals surface area contributed by atoms with Gasteiger partial charge in [0.1, 0.15) is 11.4 Å². The van der Waals surface area contributed by atoms with Crippen molar-refractivity contribution in [2.24, 2.45) is 0 Å². The third kappa shape index (κ3) is 2.42. The van der Waals surface area contributed by atoms with Crippen molar-refractivity contribution in [1.82, 2.24) is 20.0 Å². The molecule has 0 aliphatic carbocycles. The molecule has 0 amide bonds. The van der Waals surface area contributed by atoms with E-state index in [0.717, 1.165) is 0 Å². The van der Waals surface area contributed by atoms with Crippen molar-refractivity contribution in [3.8, 4) is 17.3 Å². The maximum atomic E-state index is 13.9. The second-order valence-electron chi connectivity index (χ2n) is 3.73. The molecule has 0 spiro atoms. The summed E-state index contributed by atoms with van der Waals surface area (Å²) in [7, 11) is 0. The van der Waals surface area contributed by atoms with E-state index in [1.807, 2.05) is 0 Å². The zero-order valence-electron chi connectivity index (χ0n) is 9.77. The fourth-order valence-corrected chi connectivity index (χ4v) is 1.60. The third-order valence-corrected chi connectivity index (χ3v) is 2.45. The summed E-state index contributed by atoms with van der Waals surface area (Å²) in [6, 6.07) is 9.77. The van der Waals surface area contributed by atoms with Crippen LogP contribution >= 0.6 is 0 Å². The highest BCUT2D eigenvalue weighted by molar-refractivity contribution is 5.39. The van der Waals surface area contributed by atoms with Crippen LogP contribution in [-0.2, 0) is 0 Å². The molecule has 2 heterocycles. The first kappa shape index (κ1) is 11.3. The molecule has 94 valence electrons. The van der Waals surface area contributed by atoms with E-state index < -0.39 is 5.82 Å². The topological polar surface area (TPSA) is 52.8 Å². The maximum absolute atomic E-state index is 13.9. The van der Waals surface area contributed by atoms with Crippen molar-refractivity contribution in [1.29, 1.82) is 0 Å². The molecular weight excluding hydrogens is 247 g/mol. The van der Waals surface area contributed by atoms with Gasteiger partial charge in [0.25, 0.3) is 0 Å². The average molecular weight is 256 g/mol. The number of nitrogens with zero attached hydrogens (tertiary/aromatic N) is 4. The quantitative estimate of drug-likeness (QED) is 0.722. The first-order valence-electron chi connectivity index (χ1n) is 5.58. The lowest BCUT2D eigenvalue weighted by Gasteiger charge is -2.06. The van der Waals surface area contributed by atoms with E-state index in [2.05, 4.69) is 15.3 Å². The monoisotopic (exact) mass is 256 g/mol. The third-order valence-electron chi connectivity index (χ3n) is 2.45. The molecule has 19 heavy (non-hydrogen) atoms. The SMILES string of the molecule is Fc1cc(Oc2ccccn2)ccc1-n1ccnn1. The zero-order valence-corrected chi connectivity index (χ0v) is 9.77. The van der Waals surface area contributed by atoms with Crippen molar-refractivity contribution in [3.63, 3.8) is 0 Å². The highest BCUT2D eigenvalue weighted by Gasteiger charge is 2.07. The first-order valence-corrected chi connectivity index (χ1v) is 5.58. The molecule has 0 N–H and O–H groups in total. The fraction of sp³-hybridized carbons (Fsp3) is 0. The van der Waals surface area contributed by atoms with Gasteiger partial charge in [-0.25, -0.2) is 14.1 Å². The standard InChI is InChI=1S/C13H9FN4O/c14-11-9-10(19-13-3-1-2-6-15-13)4-5-12(11)18-8-7-16-17-18/h1-9H. The van der Waals surface area contributed by atoms with Crippen LogP contribution in [0.2, 0.25) is 0 Å². The Labute approximate surface area is 108 Å². The lowest BCUT2D eigenvalue weighted by Crippen LogP contribution is -1.99. The normalized spacial score (nSPS) is 10.4. The molecule has 3 rings (SSSR count). The summed E-state index contributed by atoms with van der Waals surface area (Å²) in [5, 5.41) is 7.37. The summed E-state index contributed by atoms with van der Waals surface area (Å²) in [6.45, 7) is 0. The predicted octanol–water partition coefficient (Wildman–Crippen LogP) is 2.59. The van der Waals surface area contributed by atoms with Crippen LogP contribution in [0.3, 0.4) is 0 Å². The Hall–Kier alpha value is -2.76. The lowest BCUT2D eigenvalue weighted by atomic mass is 10.3. The van der Waals surface area contributed by atoms with Crippen LogP contribution in [0, 0.1) is 5.82 Å². The van der Waals surface area contributed by atoms with Crippen molar-refractivity contribution in [2.75, 3.05) is 0 Å². The van der Waals surface area contributed by atoms with Gasteiger partial charge in [-0.1, -0.05) is 11.3 Å². The summed E-state index contributed by atoms with van der Waals surface area (Å²) in [5.74, 6) is 0.342. The van der Waals surface area contributed by atoms with E-state index in [9.17, 15) is 4.39 Å². The zero-order chi connectivity index (χ0) is 13.1. The molecule has 6 heteroatoms. The Morgan fingerprint density at radius 2 is 2.05 bits per heavy atom. The van der Waals surface area contributed by atoms with Crippen LogP contribution in [0.15, 0.2) is 55.0 Å². The Morgan fingerprint density at radius 3 is 2.74 bits per heavy atom. The number of halogens is 1. The van der Waals surface area contributed by atoms with Gasteiger partial charge in [-0.05, 0) is 18.2 Å². The van der Waals surface area contributed by atoms with Crippen molar-refractivity contribution in [3.05, 3.63) is 60.8 Å². The molecule has 3 aromatic rings. The number of rotatable bonds is 3. The number of aromatic nitrogens is 4. The lowest BCUT2D eigenvalue weighted by molar-refractivity contribution is 0.457. The minimum Gasteiger partial charge on any atom is -0.439 e. The van der Waals surface area contributed by atoms with E-state index in [4.69, 9.17) is 4.74 Å². The van der Waals surface area contributed by atoms with Gasteiger partial charge in [-0.3, -0.25) is 0 Å². The fourth-order valence-electron chi connectivity index (χ4n) is 1.60. The van der Waals surface area contributed by atoms with Crippen LogP contribution in [0.1, 0.15) is 0 Å². The molecule has 2 aromatic heterocycles. The molecule has 0 radical (unpaired) electrons. The first-order chi connectivity index (χ1) is 9.33. The van der Waals surface area contributed by atoms with Crippen molar-refractivity contribution >= 4 is 0 Å². The van der Waals surface area contributed by atoms with Crippen LogP contribution in [0.5, 0.6) is 11.6 Å². The predicted molar refractivity (Wildman–Crippen MR) is 65.6 cm³/mol. The van der Waals surface area contributed by atoms with E-state index in [1.165, 1.54) is 16.9 Å². The minimum atomic E-state index is -0.445. The Balaban J connectivity index is 1.88. The summed E-state index contributed by atoms with van der Waals surface area (Å²) in [4.78, 5) is 4.00. The van der Waals surface area contributed by atoms with Crippen LogP contribution in [-0.4, -0.2) is 20.0 Å². The molecule has 0 saturated heterocycles. The molecular formula is C13H9FN4O. The van der Waals surface area contributed by atoms with Crippen LogP contribution in [0.25, 0.3) is 5.69 Å². The van der Waals surface area contributed by atoms with Gasteiger partial charge in [0.05, 0.1) is 12.4 Å². The van der Waals surface area contributed by atoms with Crippen molar-refractivity contribution < 1.29 is 9.13 Å². The maximum Gasteiger partial charge on any atom is 0.219 e. The Bertz CT molecular complexity index is 670. The van der Waals surface area contributed by atoms with Gasteiger partial charge >= 0.3 is 0 Å². The van der Waals surface area contributed by atoms with E-state index in [-0.39, 0.29) is 0 Å². The molecule has 0 unspecified atom stereocenters. The van der Waals surface area contributed by atoms with Crippen LogP contribution in [0.4, 0.5) is 4.39 Å². The van der Waals surface area contributed by atoms with Crippen LogP contribution < -0.4 is 4.74 Å². The number of pyridine rings is 1. The van der Waals surface area contributed by atoms with E-state index in [1.54, 1.807) is 42.7 Å². The van der Waals surface area contributed by atoms with Gasteiger partial charge in [0, 0.05) is 18.3 Å². The second-order valence-corrected chi connectivity index (χ2v) is 3.73. The largest absolute Gasteiger partial charge is 0.439 e. The van der Waals surface area contributed by atoms with Crippen molar-refractivity contribution in [2.45, 2.75) is 0 Å². The molecule has 0 aliphatic heterocycles. The van der Waals surface area contributed by atoms with Gasteiger partial charge in [0.2, 0.25) is 5.88 Å². The Kier molecular flexibility index (Phi) is 2.89. The van der Waals surface area contributed by atoms with Gasteiger partial charge in [-0.15, -0.1) is 5.10 Å². The summed E-state index contributed by atoms with van der Waals surface area (Å²) in [5.41, 5.74) is 0.311. The average Bonchev–Trinajstić information content (AvgIpc) is 2.94. The van der Waals surface area contributed by atoms with Gasteiger partial charge < -0.3 is 4.74 Å². The molecule has 0 bridgehead atoms. The minimum absolute atomic E-state index is 0.311. The molecule has 5 nitrogen and oxygen atoms in total. The number of ether oxygens (including phenoxy) is 1. The van der Waals surface area contributed by atoms with Gasteiger partial charge in [0.15, 0.2) is 5.82 Å². The highest BCUT2D eigenvalue weighted by Crippen LogP contribution is 2.23. The second kappa shape index (κ2) is 4.85. The summed E-state index contributed by atoms with van der Waals surface area (Å²) >= 11 is 0. The van der Waals surface area contributed by atoms with Gasteiger partial charge in [-0.2, -0.15) is 0 Å². The number of hydrogen-bond acceptors (Lipinski definition) is 4. The molecule has 0 atom stereocenters. The molecule has 0 fully saturated rings. The van der Waals surface area contributed by atoms with E-state index in [0.29, 0.717) is 17.3 Å². The van der Waals surface area contributed by atoms with E-state index >= 15 is 0 Å². The molecule has 0 saturated carbocycles. The Morgan fingerprint density at radius 1 is 1.11 bits per heavy atom. The molecule has 0 aliphatic rings. The summed E-state index contributed by atoms with van der Waals surface area (Å²) in [6.07, 6.45) is 4.66. The smallest absolute Gasteiger partial charge is 0.219 e. The number of hydrogen-bond donors (Lipinski definition) is 0.